The molecule has 1 atom stereocenters. The summed E-state index contributed by atoms with van der Waals surface area (Å²) in [5.74, 6) is 0.969. The zero-order valence-electron chi connectivity index (χ0n) is 13.7. The minimum absolute atomic E-state index is 0.302. The van der Waals surface area contributed by atoms with Gasteiger partial charge < -0.3 is 15.0 Å². The maximum atomic E-state index is 5.50. The summed E-state index contributed by atoms with van der Waals surface area (Å²) < 4.78 is 5.50. The maximum Gasteiger partial charge on any atom is 0.123 e. The van der Waals surface area contributed by atoms with E-state index < -0.39 is 0 Å². The molecular formula is C17H30N2O. The van der Waals surface area contributed by atoms with E-state index in [4.69, 9.17) is 4.74 Å². The number of ether oxygens (including phenoxy) is 1. The van der Waals surface area contributed by atoms with Gasteiger partial charge in [-0.1, -0.05) is 37.5 Å². The molecule has 0 heterocycles. The standard InChI is InChI=1S/C17H30N2O/c1-6-7-8-11-19(4)13-16(18-3)15-12-14(2)9-10-17(15)20-5/h9-10,12,16,18H,6-8,11,13H2,1-5H3. The number of nitrogens with one attached hydrogen (secondary N) is 1. The highest BCUT2D eigenvalue weighted by Crippen LogP contribution is 2.26. The highest BCUT2D eigenvalue weighted by molar-refractivity contribution is 5.39. The monoisotopic (exact) mass is 278 g/mol. The van der Waals surface area contributed by atoms with Crippen LogP contribution in [-0.2, 0) is 0 Å². The van der Waals surface area contributed by atoms with Gasteiger partial charge in [0.1, 0.15) is 5.75 Å². The van der Waals surface area contributed by atoms with Crippen molar-refractivity contribution in [2.24, 2.45) is 0 Å². The van der Waals surface area contributed by atoms with Crippen LogP contribution in [0.3, 0.4) is 0 Å². The van der Waals surface area contributed by atoms with E-state index in [1.165, 1.54) is 30.4 Å². The fraction of sp³-hybridized carbons (Fsp3) is 0.647. The largest absolute Gasteiger partial charge is 0.496 e. The van der Waals surface area contributed by atoms with Crippen molar-refractivity contribution in [1.29, 1.82) is 0 Å². The summed E-state index contributed by atoms with van der Waals surface area (Å²) in [7, 11) is 5.96. The summed E-state index contributed by atoms with van der Waals surface area (Å²) in [6.45, 7) is 6.52. The fourth-order valence-electron chi connectivity index (χ4n) is 2.51. The normalized spacial score (nSPS) is 12.7. The van der Waals surface area contributed by atoms with Crippen molar-refractivity contribution >= 4 is 0 Å². The Morgan fingerprint density at radius 1 is 1.30 bits per heavy atom. The van der Waals surface area contributed by atoms with Gasteiger partial charge in [0.05, 0.1) is 7.11 Å². The molecule has 0 saturated heterocycles. The van der Waals surface area contributed by atoms with Gasteiger partial charge in [0.25, 0.3) is 0 Å². The molecule has 0 spiro atoms. The first-order valence-corrected chi connectivity index (χ1v) is 7.62. The van der Waals surface area contributed by atoms with Crippen LogP contribution in [0.25, 0.3) is 0 Å². The summed E-state index contributed by atoms with van der Waals surface area (Å²) in [6.07, 6.45) is 3.85. The second-order valence-electron chi connectivity index (χ2n) is 5.56. The molecule has 0 aliphatic carbocycles. The molecule has 0 fully saturated rings. The van der Waals surface area contributed by atoms with E-state index >= 15 is 0 Å². The molecular weight excluding hydrogens is 248 g/mol. The van der Waals surface area contributed by atoms with Gasteiger partial charge >= 0.3 is 0 Å². The molecule has 3 nitrogen and oxygen atoms in total. The van der Waals surface area contributed by atoms with Gasteiger partial charge in [-0.2, -0.15) is 0 Å². The van der Waals surface area contributed by atoms with E-state index in [0.29, 0.717) is 6.04 Å². The number of aryl methyl sites for hydroxylation is 1. The number of likely N-dealkylation sites (N-methyl/N-ethyl adjacent to an activating group) is 2. The third-order valence-electron chi connectivity index (χ3n) is 3.75. The van der Waals surface area contributed by atoms with Gasteiger partial charge in [0.2, 0.25) is 0 Å². The SMILES string of the molecule is CCCCCN(C)CC(NC)c1cc(C)ccc1OC. The maximum absolute atomic E-state index is 5.50. The zero-order chi connectivity index (χ0) is 15.0. The molecule has 1 N–H and O–H groups in total. The van der Waals surface area contributed by atoms with Crippen molar-refractivity contribution in [3.8, 4) is 5.75 Å². The molecule has 0 aromatic heterocycles. The molecule has 0 saturated carbocycles. The van der Waals surface area contributed by atoms with Gasteiger partial charge in [0.15, 0.2) is 0 Å². The predicted molar refractivity (Wildman–Crippen MR) is 86.6 cm³/mol. The molecule has 1 rings (SSSR count). The Morgan fingerprint density at radius 2 is 2.05 bits per heavy atom. The fourth-order valence-corrected chi connectivity index (χ4v) is 2.51. The summed E-state index contributed by atoms with van der Waals surface area (Å²) in [4.78, 5) is 2.40. The first-order chi connectivity index (χ1) is 9.62. The molecule has 1 aromatic rings. The van der Waals surface area contributed by atoms with Crippen LogP contribution in [0.15, 0.2) is 18.2 Å². The van der Waals surface area contributed by atoms with E-state index in [9.17, 15) is 0 Å². The second-order valence-corrected chi connectivity index (χ2v) is 5.56. The van der Waals surface area contributed by atoms with Gasteiger partial charge in [-0.3, -0.25) is 0 Å². The van der Waals surface area contributed by atoms with Crippen molar-refractivity contribution in [2.75, 3.05) is 34.3 Å². The minimum Gasteiger partial charge on any atom is -0.496 e. The lowest BCUT2D eigenvalue weighted by molar-refractivity contribution is 0.286. The lowest BCUT2D eigenvalue weighted by Gasteiger charge is -2.25. The van der Waals surface area contributed by atoms with Crippen LogP contribution in [0.4, 0.5) is 0 Å². The van der Waals surface area contributed by atoms with E-state index in [2.05, 4.69) is 49.3 Å². The number of nitrogens with zero attached hydrogens (tertiary/aromatic N) is 1. The van der Waals surface area contributed by atoms with E-state index in [1.807, 2.05) is 7.05 Å². The van der Waals surface area contributed by atoms with Crippen molar-refractivity contribution in [3.63, 3.8) is 0 Å². The number of rotatable bonds is 9. The molecule has 0 radical (unpaired) electrons. The van der Waals surface area contributed by atoms with Crippen molar-refractivity contribution in [1.82, 2.24) is 10.2 Å². The predicted octanol–water partition coefficient (Wildman–Crippen LogP) is 3.39. The highest BCUT2D eigenvalue weighted by atomic mass is 16.5. The first-order valence-electron chi connectivity index (χ1n) is 7.62. The Labute approximate surface area is 124 Å². The molecule has 0 bridgehead atoms. The Kier molecular flexibility index (Phi) is 7.63. The van der Waals surface area contributed by atoms with Gasteiger partial charge in [0, 0.05) is 18.2 Å². The van der Waals surface area contributed by atoms with Crippen molar-refractivity contribution < 1.29 is 4.74 Å². The molecule has 1 unspecified atom stereocenters. The average Bonchev–Trinajstić information content (AvgIpc) is 2.45. The van der Waals surface area contributed by atoms with Crippen LogP contribution in [0.1, 0.15) is 43.4 Å². The first kappa shape index (κ1) is 17.0. The van der Waals surface area contributed by atoms with E-state index in [-0.39, 0.29) is 0 Å². The molecule has 1 aromatic carbocycles. The minimum atomic E-state index is 0.302. The van der Waals surface area contributed by atoms with Crippen LogP contribution < -0.4 is 10.1 Å². The second kappa shape index (κ2) is 8.98. The smallest absolute Gasteiger partial charge is 0.123 e. The third kappa shape index (κ3) is 5.14. The van der Waals surface area contributed by atoms with E-state index in [0.717, 1.165) is 18.8 Å². The number of benzene rings is 1. The molecule has 0 amide bonds. The van der Waals surface area contributed by atoms with Gasteiger partial charge in [-0.05, 0) is 40.1 Å². The summed E-state index contributed by atoms with van der Waals surface area (Å²) in [5.41, 5.74) is 2.52. The Hall–Kier alpha value is -1.06. The summed E-state index contributed by atoms with van der Waals surface area (Å²) in [5, 5.41) is 3.42. The van der Waals surface area contributed by atoms with Crippen molar-refractivity contribution in [2.45, 2.75) is 39.2 Å². The summed E-state index contributed by atoms with van der Waals surface area (Å²) >= 11 is 0. The molecule has 0 aliphatic heterocycles. The zero-order valence-corrected chi connectivity index (χ0v) is 13.7. The van der Waals surface area contributed by atoms with Crippen molar-refractivity contribution in [3.05, 3.63) is 29.3 Å². The number of methoxy groups -OCH3 is 1. The summed E-state index contributed by atoms with van der Waals surface area (Å²) in [6, 6.07) is 6.68. The third-order valence-corrected chi connectivity index (χ3v) is 3.75. The van der Waals surface area contributed by atoms with Crippen LogP contribution in [0, 0.1) is 6.92 Å². The lowest BCUT2D eigenvalue weighted by Crippen LogP contribution is -2.32. The molecule has 3 heteroatoms. The number of unbranched alkanes of at least 4 members (excludes halogenated alkanes) is 2. The van der Waals surface area contributed by atoms with Gasteiger partial charge in [-0.25, -0.2) is 0 Å². The molecule has 0 aliphatic rings. The molecule has 20 heavy (non-hydrogen) atoms. The van der Waals surface area contributed by atoms with E-state index in [1.54, 1.807) is 7.11 Å². The molecule has 114 valence electrons. The number of hydrogen-bond donors (Lipinski definition) is 1. The van der Waals surface area contributed by atoms with Crippen LogP contribution >= 0.6 is 0 Å². The van der Waals surface area contributed by atoms with Gasteiger partial charge in [-0.15, -0.1) is 0 Å². The Bertz CT molecular complexity index is 393. The quantitative estimate of drug-likeness (QED) is 0.701. The highest BCUT2D eigenvalue weighted by Gasteiger charge is 2.16. The van der Waals surface area contributed by atoms with Crippen LogP contribution in [0.5, 0.6) is 5.75 Å². The Morgan fingerprint density at radius 3 is 2.65 bits per heavy atom. The Balaban J connectivity index is 2.72. The lowest BCUT2D eigenvalue weighted by atomic mass is 10.0. The average molecular weight is 278 g/mol. The van der Waals surface area contributed by atoms with Crippen LogP contribution in [-0.4, -0.2) is 39.2 Å². The number of hydrogen-bond acceptors (Lipinski definition) is 3. The topological polar surface area (TPSA) is 24.5 Å². The van der Waals surface area contributed by atoms with Crippen LogP contribution in [0.2, 0.25) is 0 Å².